The van der Waals surface area contributed by atoms with Gasteiger partial charge in [-0.25, -0.2) is 4.39 Å². The predicted octanol–water partition coefficient (Wildman–Crippen LogP) is 5.12. The number of benzene rings is 2. The van der Waals surface area contributed by atoms with Crippen molar-refractivity contribution in [2.45, 2.75) is 12.3 Å². The minimum atomic E-state index is -0.311. The highest BCUT2D eigenvalue weighted by molar-refractivity contribution is 6.31. The molecule has 0 aliphatic heterocycles. The lowest BCUT2D eigenvalue weighted by Crippen LogP contribution is -1.96. The summed E-state index contributed by atoms with van der Waals surface area (Å²) in [5.74, 6) is -0.263. The third-order valence-corrected chi connectivity index (χ3v) is 3.40. The number of rotatable bonds is 2. The zero-order valence-corrected chi connectivity index (χ0v) is 10.8. The topological polar surface area (TPSA) is 0 Å². The molecule has 1 atom stereocenters. The van der Waals surface area contributed by atoms with Crippen LogP contribution in [-0.2, 0) is 0 Å². The number of aryl methyl sites for hydroxylation is 1. The van der Waals surface area contributed by atoms with Gasteiger partial charge in [0.1, 0.15) is 5.82 Å². The highest BCUT2D eigenvalue weighted by atomic mass is 35.5. The first-order chi connectivity index (χ1) is 8.08. The Morgan fingerprint density at radius 1 is 1.06 bits per heavy atom. The molecule has 0 bridgehead atoms. The smallest absolute Gasteiger partial charge is 0.123 e. The van der Waals surface area contributed by atoms with Gasteiger partial charge in [-0.3, -0.25) is 0 Å². The average Bonchev–Trinajstić information content (AvgIpc) is 2.32. The van der Waals surface area contributed by atoms with Gasteiger partial charge in [0, 0.05) is 5.02 Å². The van der Waals surface area contributed by atoms with E-state index in [-0.39, 0.29) is 11.2 Å². The van der Waals surface area contributed by atoms with Crippen LogP contribution in [0, 0.1) is 12.7 Å². The highest BCUT2D eigenvalue weighted by Gasteiger charge is 2.13. The molecule has 0 radical (unpaired) electrons. The van der Waals surface area contributed by atoms with E-state index in [1.165, 1.54) is 12.1 Å². The minimum Gasteiger partial charge on any atom is -0.207 e. The van der Waals surface area contributed by atoms with Crippen LogP contribution >= 0.6 is 23.2 Å². The Labute approximate surface area is 110 Å². The van der Waals surface area contributed by atoms with Gasteiger partial charge >= 0.3 is 0 Å². The van der Waals surface area contributed by atoms with Gasteiger partial charge in [0.2, 0.25) is 0 Å². The summed E-state index contributed by atoms with van der Waals surface area (Å²) in [4.78, 5) is 0. The van der Waals surface area contributed by atoms with Crippen molar-refractivity contribution >= 4 is 23.2 Å². The van der Waals surface area contributed by atoms with E-state index in [9.17, 15) is 4.39 Å². The van der Waals surface area contributed by atoms with Crippen molar-refractivity contribution in [3.8, 4) is 0 Å². The third kappa shape index (κ3) is 2.80. The summed E-state index contributed by atoms with van der Waals surface area (Å²) in [5, 5.41) is 0.340. The molecule has 17 heavy (non-hydrogen) atoms. The first-order valence-corrected chi connectivity index (χ1v) is 6.05. The Hall–Kier alpha value is -1.05. The van der Waals surface area contributed by atoms with E-state index < -0.39 is 0 Å². The van der Waals surface area contributed by atoms with E-state index in [2.05, 4.69) is 0 Å². The molecule has 0 heterocycles. The zero-order valence-electron chi connectivity index (χ0n) is 9.25. The first kappa shape index (κ1) is 12.4. The lowest BCUT2D eigenvalue weighted by atomic mass is 10.00. The monoisotopic (exact) mass is 268 g/mol. The van der Waals surface area contributed by atoms with Crippen molar-refractivity contribution in [2.75, 3.05) is 0 Å². The molecule has 2 aromatic carbocycles. The standard InChI is InChI=1S/C14H11Cl2F/c1-9-2-5-11(15)8-13(9)14(16)10-3-6-12(17)7-4-10/h2-8,14H,1H3. The van der Waals surface area contributed by atoms with Crippen LogP contribution in [0.4, 0.5) is 4.39 Å². The summed E-state index contributed by atoms with van der Waals surface area (Å²) >= 11 is 12.3. The molecular weight excluding hydrogens is 258 g/mol. The lowest BCUT2D eigenvalue weighted by Gasteiger charge is -2.13. The molecule has 0 spiro atoms. The van der Waals surface area contributed by atoms with E-state index in [1.807, 2.05) is 25.1 Å². The fraction of sp³-hybridized carbons (Fsp3) is 0.143. The summed E-state index contributed by atoms with van der Waals surface area (Å²) in [6.07, 6.45) is 0. The Morgan fingerprint density at radius 2 is 1.71 bits per heavy atom. The molecule has 88 valence electrons. The predicted molar refractivity (Wildman–Crippen MR) is 70.3 cm³/mol. The quantitative estimate of drug-likeness (QED) is 0.664. The number of hydrogen-bond donors (Lipinski definition) is 0. The van der Waals surface area contributed by atoms with Crippen LogP contribution in [0.2, 0.25) is 5.02 Å². The number of hydrogen-bond acceptors (Lipinski definition) is 0. The Kier molecular flexibility index (Phi) is 3.70. The van der Waals surface area contributed by atoms with Gasteiger partial charge in [-0.2, -0.15) is 0 Å². The molecule has 3 heteroatoms. The fourth-order valence-corrected chi connectivity index (χ4v) is 2.26. The maximum absolute atomic E-state index is 12.8. The second-order valence-corrected chi connectivity index (χ2v) is 4.79. The van der Waals surface area contributed by atoms with Crippen molar-refractivity contribution < 1.29 is 4.39 Å². The van der Waals surface area contributed by atoms with Gasteiger partial charge in [-0.1, -0.05) is 29.8 Å². The molecule has 0 saturated carbocycles. The van der Waals surface area contributed by atoms with E-state index in [4.69, 9.17) is 23.2 Å². The molecule has 0 nitrogen and oxygen atoms in total. The van der Waals surface area contributed by atoms with E-state index in [0.717, 1.165) is 16.7 Å². The molecule has 0 aromatic heterocycles. The maximum atomic E-state index is 12.8. The van der Waals surface area contributed by atoms with Crippen molar-refractivity contribution in [1.82, 2.24) is 0 Å². The summed E-state index contributed by atoms with van der Waals surface area (Å²) in [7, 11) is 0. The molecule has 2 aromatic rings. The van der Waals surface area contributed by atoms with E-state index >= 15 is 0 Å². The molecule has 0 aliphatic carbocycles. The normalized spacial score (nSPS) is 12.5. The minimum absolute atomic E-state index is 0.263. The summed E-state index contributed by atoms with van der Waals surface area (Å²) in [5.41, 5.74) is 2.88. The second-order valence-electron chi connectivity index (χ2n) is 3.92. The van der Waals surface area contributed by atoms with Crippen LogP contribution < -0.4 is 0 Å². The van der Waals surface area contributed by atoms with Gasteiger partial charge in [-0.15, -0.1) is 11.6 Å². The molecule has 0 amide bonds. The second kappa shape index (κ2) is 5.07. The lowest BCUT2D eigenvalue weighted by molar-refractivity contribution is 0.627. The van der Waals surface area contributed by atoms with Crippen molar-refractivity contribution in [1.29, 1.82) is 0 Å². The van der Waals surface area contributed by atoms with Crippen LogP contribution in [-0.4, -0.2) is 0 Å². The van der Waals surface area contributed by atoms with Gasteiger partial charge in [0.25, 0.3) is 0 Å². The Bertz CT molecular complexity index is 520. The molecule has 1 unspecified atom stereocenters. The van der Waals surface area contributed by atoms with Crippen LogP contribution in [0.1, 0.15) is 22.1 Å². The Morgan fingerprint density at radius 3 is 2.35 bits per heavy atom. The van der Waals surface area contributed by atoms with Crippen LogP contribution in [0.15, 0.2) is 42.5 Å². The molecule has 0 aliphatic rings. The van der Waals surface area contributed by atoms with Gasteiger partial charge in [0.15, 0.2) is 0 Å². The van der Waals surface area contributed by atoms with E-state index in [0.29, 0.717) is 5.02 Å². The Balaban J connectivity index is 2.39. The van der Waals surface area contributed by atoms with Crippen molar-refractivity contribution in [2.24, 2.45) is 0 Å². The molecule has 0 fully saturated rings. The van der Waals surface area contributed by atoms with Gasteiger partial charge in [-0.05, 0) is 47.9 Å². The highest BCUT2D eigenvalue weighted by Crippen LogP contribution is 2.32. The summed E-state index contributed by atoms with van der Waals surface area (Å²) in [6.45, 7) is 1.98. The first-order valence-electron chi connectivity index (χ1n) is 5.23. The summed E-state index contributed by atoms with van der Waals surface area (Å²) in [6, 6.07) is 11.8. The molecular formula is C14H11Cl2F. The van der Waals surface area contributed by atoms with Crippen LogP contribution in [0.3, 0.4) is 0 Å². The molecule has 0 saturated heterocycles. The SMILES string of the molecule is Cc1ccc(Cl)cc1C(Cl)c1ccc(F)cc1. The van der Waals surface area contributed by atoms with Crippen LogP contribution in [0.25, 0.3) is 0 Å². The number of alkyl halides is 1. The summed E-state index contributed by atoms with van der Waals surface area (Å²) < 4.78 is 12.8. The molecule has 0 N–H and O–H groups in total. The van der Waals surface area contributed by atoms with Gasteiger partial charge < -0.3 is 0 Å². The molecule has 2 rings (SSSR count). The van der Waals surface area contributed by atoms with Gasteiger partial charge in [0.05, 0.1) is 5.38 Å². The largest absolute Gasteiger partial charge is 0.207 e. The van der Waals surface area contributed by atoms with Crippen molar-refractivity contribution in [3.05, 3.63) is 70.0 Å². The fourth-order valence-electron chi connectivity index (χ4n) is 1.70. The van der Waals surface area contributed by atoms with Crippen LogP contribution in [0.5, 0.6) is 0 Å². The zero-order chi connectivity index (χ0) is 12.4. The average molecular weight is 269 g/mol. The maximum Gasteiger partial charge on any atom is 0.123 e. The third-order valence-electron chi connectivity index (χ3n) is 2.68. The number of halogens is 3. The van der Waals surface area contributed by atoms with Crippen molar-refractivity contribution in [3.63, 3.8) is 0 Å². The van der Waals surface area contributed by atoms with E-state index in [1.54, 1.807) is 12.1 Å².